The second-order valence-corrected chi connectivity index (χ2v) is 6.50. The van der Waals surface area contributed by atoms with E-state index < -0.39 is 5.91 Å². The zero-order valence-corrected chi connectivity index (χ0v) is 15.7. The number of benzene rings is 2. The van der Waals surface area contributed by atoms with Crippen molar-refractivity contribution in [1.82, 2.24) is 20.3 Å². The number of carbonyl (C=O) groups is 1. The van der Waals surface area contributed by atoms with Crippen molar-refractivity contribution in [1.29, 1.82) is 0 Å². The van der Waals surface area contributed by atoms with Gasteiger partial charge in [0.15, 0.2) is 0 Å². The minimum atomic E-state index is -0.405. The van der Waals surface area contributed by atoms with Crippen LogP contribution in [0.2, 0.25) is 0 Å². The smallest absolute Gasteiger partial charge is 0.270 e. The van der Waals surface area contributed by atoms with Gasteiger partial charge in [0, 0.05) is 29.4 Å². The second-order valence-electron chi connectivity index (χ2n) is 6.50. The number of fused-ring (bicyclic) bond motifs is 1. The van der Waals surface area contributed by atoms with Crippen LogP contribution in [0.25, 0.3) is 10.9 Å². The highest BCUT2D eigenvalue weighted by Crippen LogP contribution is 2.23. The summed E-state index contributed by atoms with van der Waals surface area (Å²) in [5.41, 5.74) is 2.76. The Morgan fingerprint density at radius 3 is 2.72 bits per heavy atom. The summed E-state index contributed by atoms with van der Waals surface area (Å²) in [6.07, 6.45) is 1.71. The largest absolute Gasteiger partial charge is 0.347 e. The summed E-state index contributed by atoms with van der Waals surface area (Å²) in [7, 11) is 0. The number of pyridine rings is 1. The molecule has 0 unspecified atom stereocenters. The number of nitrogens with zero attached hydrogens (tertiary/aromatic N) is 3. The molecule has 0 radical (unpaired) electrons. The zero-order chi connectivity index (χ0) is 20.2. The van der Waals surface area contributed by atoms with Crippen LogP contribution in [0, 0.1) is 12.7 Å². The lowest BCUT2D eigenvalue weighted by atomic mass is 10.2. The lowest BCUT2D eigenvalue weighted by molar-refractivity contribution is 0.0945. The maximum Gasteiger partial charge on any atom is 0.270 e. The van der Waals surface area contributed by atoms with Gasteiger partial charge >= 0.3 is 0 Å². The van der Waals surface area contributed by atoms with E-state index in [0.717, 1.165) is 16.6 Å². The average molecular weight is 387 g/mol. The Balaban J connectivity index is 1.56. The monoisotopic (exact) mass is 387 g/mol. The molecule has 1 amide bonds. The molecule has 4 aromatic rings. The molecular weight excluding hydrogens is 369 g/mol. The molecule has 0 atom stereocenters. The van der Waals surface area contributed by atoms with E-state index >= 15 is 0 Å². The first-order valence-electron chi connectivity index (χ1n) is 9.08. The molecule has 7 heteroatoms. The van der Waals surface area contributed by atoms with Crippen molar-refractivity contribution >= 4 is 28.4 Å². The summed E-state index contributed by atoms with van der Waals surface area (Å²) in [5.74, 6) is -0.477. The third kappa shape index (κ3) is 4.19. The summed E-state index contributed by atoms with van der Waals surface area (Å²) < 4.78 is 13.7. The summed E-state index contributed by atoms with van der Waals surface area (Å²) >= 11 is 0. The Morgan fingerprint density at radius 2 is 1.86 bits per heavy atom. The second kappa shape index (κ2) is 8.02. The molecule has 0 aliphatic heterocycles. The molecule has 0 bridgehead atoms. The molecule has 2 N–H and O–H groups in total. The highest BCUT2D eigenvalue weighted by molar-refractivity contribution is 5.93. The molecule has 0 fully saturated rings. The summed E-state index contributed by atoms with van der Waals surface area (Å²) in [6, 6.07) is 17.5. The molecule has 2 aromatic carbocycles. The van der Waals surface area contributed by atoms with Crippen LogP contribution in [0.5, 0.6) is 0 Å². The Hall–Kier alpha value is -3.87. The normalized spacial score (nSPS) is 10.7. The zero-order valence-electron chi connectivity index (χ0n) is 15.7. The first kappa shape index (κ1) is 18.5. The first-order chi connectivity index (χ1) is 14.1. The average Bonchev–Trinajstić information content (AvgIpc) is 2.73. The standard InChI is InChI=1S/C22H18FN5O/c1-14-12-19(21(29)25-13-16-6-2-3-9-17(16)23)28-22(26-14)27-18-10-4-7-15-8-5-11-24-20(15)18/h2-12H,13H2,1H3,(H,25,29)(H,26,27,28). The van der Waals surface area contributed by atoms with Gasteiger partial charge in [-0.25, -0.2) is 14.4 Å². The summed E-state index contributed by atoms with van der Waals surface area (Å²) in [6.45, 7) is 1.85. The Bertz CT molecular complexity index is 1190. The molecule has 2 heterocycles. The SMILES string of the molecule is Cc1cc(C(=O)NCc2ccccc2F)nc(Nc2cccc3cccnc23)n1. The topological polar surface area (TPSA) is 79.8 Å². The van der Waals surface area contributed by atoms with E-state index in [4.69, 9.17) is 0 Å². The van der Waals surface area contributed by atoms with Crippen LogP contribution in [-0.2, 0) is 6.54 Å². The molecule has 0 saturated heterocycles. The molecule has 0 aliphatic rings. The number of carbonyl (C=O) groups excluding carboxylic acids is 1. The number of halogens is 1. The fraction of sp³-hybridized carbons (Fsp3) is 0.0909. The number of hydrogen-bond donors (Lipinski definition) is 2. The lowest BCUT2D eigenvalue weighted by Crippen LogP contribution is -2.25. The van der Waals surface area contributed by atoms with Crippen LogP contribution in [0.4, 0.5) is 16.0 Å². The van der Waals surface area contributed by atoms with Crippen molar-refractivity contribution < 1.29 is 9.18 Å². The van der Waals surface area contributed by atoms with Crippen molar-refractivity contribution in [3.63, 3.8) is 0 Å². The molecule has 29 heavy (non-hydrogen) atoms. The minimum Gasteiger partial charge on any atom is -0.347 e. The molecule has 0 saturated carbocycles. The van der Waals surface area contributed by atoms with Gasteiger partial charge in [0.1, 0.15) is 11.5 Å². The van der Waals surface area contributed by atoms with Gasteiger partial charge in [-0.2, -0.15) is 0 Å². The van der Waals surface area contributed by atoms with Gasteiger partial charge in [-0.15, -0.1) is 0 Å². The van der Waals surface area contributed by atoms with Gasteiger partial charge in [-0.3, -0.25) is 9.78 Å². The molecule has 6 nitrogen and oxygen atoms in total. The van der Waals surface area contributed by atoms with Crippen molar-refractivity contribution in [2.45, 2.75) is 13.5 Å². The minimum absolute atomic E-state index is 0.0740. The van der Waals surface area contributed by atoms with Crippen LogP contribution in [0.3, 0.4) is 0 Å². The predicted octanol–water partition coefficient (Wildman–Crippen LogP) is 4.15. The number of hydrogen-bond acceptors (Lipinski definition) is 5. The lowest BCUT2D eigenvalue weighted by Gasteiger charge is -2.10. The first-order valence-corrected chi connectivity index (χ1v) is 9.08. The molecule has 0 aliphatic carbocycles. The van der Waals surface area contributed by atoms with E-state index in [0.29, 0.717) is 17.2 Å². The van der Waals surface area contributed by atoms with Crippen molar-refractivity contribution in [3.05, 3.63) is 89.6 Å². The molecule has 0 spiro atoms. The number of anilines is 2. The Labute approximate surface area is 166 Å². The fourth-order valence-corrected chi connectivity index (χ4v) is 2.97. The van der Waals surface area contributed by atoms with E-state index in [9.17, 15) is 9.18 Å². The van der Waals surface area contributed by atoms with Crippen molar-refractivity contribution in [2.75, 3.05) is 5.32 Å². The van der Waals surface area contributed by atoms with E-state index in [-0.39, 0.29) is 18.1 Å². The molecule has 2 aromatic heterocycles. The Kier molecular flexibility index (Phi) is 5.11. The number of para-hydroxylation sites is 1. The van der Waals surface area contributed by atoms with Crippen LogP contribution in [-0.4, -0.2) is 20.9 Å². The maximum atomic E-state index is 13.7. The molecular formula is C22H18FN5O. The number of aromatic nitrogens is 3. The van der Waals surface area contributed by atoms with Gasteiger partial charge < -0.3 is 10.6 Å². The van der Waals surface area contributed by atoms with E-state index in [1.54, 1.807) is 37.4 Å². The number of aryl methyl sites for hydroxylation is 1. The third-order valence-corrected chi connectivity index (χ3v) is 4.36. The molecule has 144 valence electrons. The van der Waals surface area contributed by atoms with Gasteiger partial charge in [0.25, 0.3) is 5.91 Å². The highest BCUT2D eigenvalue weighted by Gasteiger charge is 2.12. The highest BCUT2D eigenvalue weighted by atomic mass is 19.1. The van der Waals surface area contributed by atoms with E-state index in [1.165, 1.54) is 6.07 Å². The van der Waals surface area contributed by atoms with E-state index in [2.05, 4.69) is 25.6 Å². The summed E-state index contributed by atoms with van der Waals surface area (Å²) in [4.78, 5) is 25.6. The van der Waals surface area contributed by atoms with Gasteiger partial charge in [-0.05, 0) is 31.2 Å². The fourth-order valence-electron chi connectivity index (χ4n) is 2.97. The summed E-state index contributed by atoms with van der Waals surface area (Å²) in [5, 5.41) is 6.82. The van der Waals surface area contributed by atoms with E-state index in [1.807, 2.05) is 30.3 Å². The van der Waals surface area contributed by atoms with Gasteiger partial charge in [0.05, 0.1) is 11.2 Å². The predicted molar refractivity (Wildman–Crippen MR) is 109 cm³/mol. The number of nitrogens with one attached hydrogen (secondary N) is 2. The third-order valence-electron chi connectivity index (χ3n) is 4.36. The number of amides is 1. The molecule has 4 rings (SSSR count). The maximum absolute atomic E-state index is 13.7. The van der Waals surface area contributed by atoms with Gasteiger partial charge in [-0.1, -0.05) is 36.4 Å². The van der Waals surface area contributed by atoms with Gasteiger partial charge in [0.2, 0.25) is 5.95 Å². The number of rotatable bonds is 5. The van der Waals surface area contributed by atoms with Crippen molar-refractivity contribution in [3.8, 4) is 0 Å². The van der Waals surface area contributed by atoms with Crippen LogP contribution in [0.1, 0.15) is 21.7 Å². The quantitative estimate of drug-likeness (QED) is 0.538. The van der Waals surface area contributed by atoms with Crippen LogP contribution >= 0.6 is 0 Å². The van der Waals surface area contributed by atoms with Crippen molar-refractivity contribution in [2.24, 2.45) is 0 Å². The van der Waals surface area contributed by atoms with Crippen LogP contribution in [0.15, 0.2) is 66.9 Å². The van der Waals surface area contributed by atoms with Crippen LogP contribution < -0.4 is 10.6 Å². The Morgan fingerprint density at radius 1 is 1.03 bits per heavy atom.